The summed E-state index contributed by atoms with van der Waals surface area (Å²) in [5.41, 5.74) is 1.43. The first-order valence-corrected chi connectivity index (χ1v) is 7.13. The lowest BCUT2D eigenvalue weighted by atomic mass is 9.82. The zero-order chi connectivity index (χ0) is 15.8. The molecule has 0 heterocycles. The number of esters is 1. The molecule has 5 nitrogen and oxygen atoms in total. The fraction of sp³-hybridized carbons (Fsp3) is 0.562. The molecule has 0 fully saturated rings. The van der Waals surface area contributed by atoms with Gasteiger partial charge in [-0.2, -0.15) is 0 Å². The molecule has 1 aliphatic rings. The molecule has 0 bridgehead atoms. The van der Waals surface area contributed by atoms with Crippen LogP contribution in [0.15, 0.2) is 12.1 Å². The Bertz CT molecular complexity index is 554. The van der Waals surface area contributed by atoms with E-state index < -0.39 is 12.1 Å². The third kappa shape index (κ3) is 3.72. The molecule has 0 spiro atoms. The molecule has 1 aliphatic carbocycles. The van der Waals surface area contributed by atoms with Crippen LogP contribution in [0.5, 0.6) is 5.75 Å². The number of carbonyl (C=O) groups is 1. The van der Waals surface area contributed by atoms with E-state index in [0.29, 0.717) is 24.0 Å². The number of aromatic hydroxyl groups is 1. The fourth-order valence-electron chi connectivity index (χ4n) is 2.91. The Kier molecular flexibility index (Phi) is 5.84. The van der Waals surface area contributed by atoms with Gasteiger partial charge in [0.1, 0.15) is 11.3 Å². The first kappa shape index (κ1) is 18.7. The Morgan fingerprint density at radius 2 is 2.00 bits per heavy atom. The summed E-state index contributed by atoms with van der Waals surface area (Å²) in [6, 6.07) is 3.04. The summed E-state index contributed by atoms with van der Waals surface area (Å²) in [4.78, 5) is 11.8. The van der Waals surface area contributed by atoms with E-state index in [1.165, 1.54) is 13.2 Å². The maximum Gasteiger partial charge on any atom is 0.341 e. The number of aliphatic hydroxyl groups excluding tert-OH is 1. The molecule has 124 valence electrons. The monoisotopic (exact) mass is 329 g/mol. The van der Waals surface area contributed by atoms with Crippen molar-refractivity contribution in [2.45, 2.75) is 51.3 Å². The van der Waals surface area contributed by atoms with E-state index in [2.05, 4.69) is 5.32 Å². The third-order valence-corrected chi connectivity index (χ3v) is 3.74. The van der Waals surface area contributed by atoms with Crippen molar-refractivity contribution in [3.05, 3.63) is 28.8 Å². The Hall–Kier alpha value is -1.30. The number of benzene rings is 1. The number of phenolic OH excluding ortho intramolecular Hbond substituents is 1. The van der Waals surface area contributed by atoms with Crippen molar-refractivity contribution in [3.8, 4) is 5.75 Å². The van der Waals surface area contributed by atoms with Gasteiger partial charge in [0.2, 0.25) is 0 Å². The minimum Gasteiger partial charge on any atom is -0.507 e. The van der Waals surface area contributed by atoms with E-state index in [1.807, 2.05) is 20.8 Å². The van der Waals surface area contributed by atoms with Crippen LogP contribution in [0.2, 0.25) is 0 Å². The largest absolute Gasteiger partial charge is 0.507 e. The van der Waals surface area contributed by atoms with Crippen molar-refractivity contribution in [2.24, 2.45) is 0 Å². The Balaban J connectivity index is 0.00000242. The van der Waals surface area contributed by atoms with Crippen LogP contribution >= 0.6 is 12.4 Å². The minimum atomic E-state index is -0.711. The molecular weight excluding hydrogens is 306 g/mol. The Labute approximate surface area is 137 Å². The lowest BCUT2D eigenvalue weighted by molar-refractivity contribution is 0.0592. The minimum absolute atomic E-state index is 0. The van der Waals surface area contributed by atoms with Crippen LogP contribution in [0.25, 0.3) is 0 Å². The first-order valence-electron chi connectivity index (χ1n) is 7.13. The van der Waals surface area contributed by atoms with Gasteiger partial charge in [-0.1, -0.05) is 6.07 Å². The van der Waals surface area contributed by atoms with E-state index in [4.69, 9.17) is 4.74 Å². The number of hydrogen-bond acceptors (Lipinski definition) is 5. The fourth-order valence-corrected chi connectivity index (χ4v) is 2.91. The second-order valence-electron chi connectivity index (χ2n) is 6.50. The molecule has 1 aromatic carbocycles. The summed E-state index contributed by atoms with van der Waals surface area (Å²) in [7, 11) is 1.28. The lowest BCUT2D eigenvalue weighted by Crippen LogP contribution is -2.48. The summed E-state index contributed by atoms with van der Waals surface area (Å²) in [5.74, 6) is -0.672. The van der Waals surface area contributed by atoms with Crippen LogP contribution in [0.1, 0.15) is 54.8 Å². The van der Waals surface area contributed by atoms with Gasteiger partial charge < -0.3 is 20.3 Å². The predicted octanol–water partition coefficient (Wildman–Crippen LogP) is 2.34. The highest BCUT2D eigenvalue weighted by Gasteiger charge is 2.33. The highest BCUT2D eigenvalue weighted by molar-refractivity contribution is 5.94. The van der Waals surface area contributed by atoms with Gasteiger partial charge in [-0.15, -0.1) is 12.4 Å². The third-order valence-electron chi connectivity index (χ3n) is 3.74. The van der Waals surface area contributed by atoms with Crippen molar-refractivity contribution in [1.29, 1.82) is 0 Å². The molecule has 3 N–H and O–H groups in total. The summed E-state index contributed by atoms with van der Waals surface area (Å²) in [5, 5.41) is 23.9. The van der Waals surface area contributed by atoms with Gasteiger partial charge >= 0.3 is 5.97 Å². The molecule has 6 heteroatoms. The summed E-state index contributed by atoms with van der Waals surface area (Å²) >= 11 is 0. The second-order valence-corrected chi connectivity index (χ2v) is 6.50. The van der Waals surface area contributed by atoms with Gasteiger partial charge in [0, 0.05) is 11.6 Å². The highest BCUT2D eigenvalue weighted by atomic mass is 35.5. The molecule has 0 aromatic heterocycles. The molecule has 1 aromatic rings. The number of phenols is 1. The molecule has 0 amide bonds. The molecule has 0 unspecified atom stereocenters. The molecular formula is C16H24ClNO4. The Morgan fingerprint density at radius 3 is 2.55 bits per heavy atom. The zero-order valence-corrected chi connectivity index (χ0v) is 14.2. The number of aliphatic hydroxyl groups is 1. The van der Waals surface area contributed by atoms with E-state index in [1.54, 1.807) is 6.07 Å². The smallest absolute Gasteiger partial charge is 0.341 e. The van der Waals surface area contributed by atoms with E-state index in [0.717, 1.165) is 0 Å². The van der Waals surface area contributed by atoms with Crippen LogP contribution in [0, 0.1) is 0 Å². The quantitative estimate of drug-likeness (QED) is 0.726. The number of ether oxygens (including phenoxy) is 1. The van der Waals surface area contributed by atoms with Crippen LogP contribution in [0.3, 0.4) is 0 Å². The van der Waals surface area contributed by atoms with Crippen molar-refractivity contribution in [3.63, 3.8) is 0 Å². The second kappa shape index (κ2) is 6.86. The van der Waals surface area contributed by atoms with Gasteiger partial charge in [-0.25, -0.2) is 4.79 Å². The van der Waals surface area contributed by atoms with Gasteiger partial charge in [0.15, 0.2) is 0 Å². The number of nitrogens with one attached hydrogen (secondary N) is 1. The molecule has 0 radical (unpaired) electrons. The molecule has 0 saturated carbocycles. The maximum atomic E-state index is 11.8. The summed E-state index contributed by atoms with van der Waals surface area (Å²) in [6.07, 6.45) is 0.592. The molecule has 0 saturated heterocycles. The number of rotatable bonds is 2. The normalized spacial score (nSPS) is 20.8. The molecule has 22 heavy (non-hydrogen) atoms. The maximum absolute atomic E-state index is 11.8. The van der Waals surface area contributed by atoms with Crippen molar-refractivity contribution >= 4 is 18.4 Å². The van der Waals surface area contributed by atoms with Gasteiger partial charge in [-0.05, 0) is 50.8 Å². The van der Waals surface area contributed by atoms with Crippen LogP contribution in [-0.4, -0.2) is 34.9 Å². The SMILES string of the molecule is COC(=O)c1c(O)ccc2c1CC[C@@H](NC(C)(C)C)[C@@H]2O.Cl. The van der Waals surface area contributed by atoms with E-state index >= 15 is 0 Å². The van der Waals surface area contributed by atoms with Gasteiger partial charge in [0.05, 0.1) is 13.2 Å². The topological polar surface area (TPSA) is 78.8 Å². The van der Waals surface area contributed by atoms with Gasteiger partial charge in [-0.3, -0.25) is 0 Å². The van der Waals surface area contributed by atoms with Crippen molar-refractivity contribution < 1.29 is 19.7 Å². The summed E-state index contributed by atoms with van der Waals surface area (Å²) in [6.45, 7) is 6.14. The zero-order valence-electron chi connectivity index (χ0n) is 13.3. The number of fused-ring (bicyclic) bond motifs is 1. The average molecular weight is 330 g/mol. The predicted molar refractivity (Wildman–Crippen MR) is 86.7 cm³/mol. The molecule has 2 atom stereocenters. The number of methoxy groups -OCH3 is 1. The number of carbonyl (C=O) groups excluding carboxylic acids is 1. The average Bonchev–Trinajstić information content (AvgIpc) is 2.39. The summed E-state index contributed by atoms with van der Waals surface area (Å²) < 4.78 is 4.73. The highest BCUT2D eigenvalue weighted by Crippen LogP contribution is 2.36. The standard InChI is InChI=1S/C16H23NO4.ClH/c1-16(2,3)17-11-7-5-9-10(14(11)19)6-8-12(18)13(9)15(20)21-4;/h6,8,11,14,17-19H,5,7H2,1-4H3;1H/t11-,14-;/m1./s1. The van der Waals surface area contributed by atoms with Crippen LogP contribution < -0.4 is 5.32 Å². The van der Waals surface area contributed by atoms with E-state index in [-0.39, 0.29) is 35.3 Å². The van der Waals surface area contributed by atoms with Crippen LogP contribution in [-0.2, 0) is 11.2 Å². The Morgan fingerprint density at radius 1 is 1.36 bits per heavy atom. The first-order chi connectivity index (χ1) is 9.74. The van der Waals surface area contributed by atoms with Gasteiger partial charge in [0.25, 0.3) is 0 Å². The molecule has 0 aliphatic heterocycles. The van der Waals surface area contributed by atoms with Crippen molar-refractivity contribution in [2.75, 3.05) is 7.11 Å². The lowest BCUT2D eigenvalue weighted by Gasteiger charge is -2.36. The number of hydrogen-bond donors (Lipinski definition) is 3. The van der Waals surface area contributed by atoms with Crippen LogP contribution in [0.4, 0.5) is 0 Å². The van der Waals surface area contributed by atoms with Crippen molar-refractivity contribution in [1.82, 2.24) is 5.32 Å². The number of halogens is 1. The van der Waals surface area contributed by atoms with E-state index in [9.17, 15) is 15.0 Å². The molecule has 2 rings (SSSR count).